The Morgan fingerprint density at radius 1 is 0.507 bits per heavy atom. The first kappa shape index (κ1) is 55.5. The van der Waals surface area contributed by atoms with E-state index in [1.54, 1.807) is 24.3 Å². The van der Waals surface area contributed by atoms with Crippen LogP contribution in [0, 0.1) is 0 Å². The molecule has 71 heavy (non-hydrogen) atoms. The molecule has 3 heterocycles. The van der Waals surface area contributed by atoms with Crippen LogP contribution in [0.4, 0.5) is 4.39 Å². The Bertz CT molecular complexity index is 2070. The predicted octanol–water partition coefficient (Wildman–Crippen LogP) is -0.581. The molecule has 394 valence electrons. The van der Waals surface area contributed by atoms with Gasteiger partial charge in [0.05, 0.1) is 19.3 Å². The smallest absolute Gasteiger partial charge is 0.303 e. The molecular weight excluding hydrogens is 942 g/mol. The summed E-state index contributed by atoms with van der Waals surface area (Å²) < 4.78 is 96.0. The molecule has 0 unspecified atom stereocenters. The molecule has 1 aliphatic carbocycles. The molecule has 23 nitrogen and oxygen atoms in total. The van der Waals surface area contributed by atoms with Gasteiger partial charge in [0.2, 0.25) is 0 Å². The maximum atomic E-state index is 17.2. The Kier molecular flexibility index (Phi) is 20.1. The van der Waals surface area contributed by atoms with Crippen LogP contribution < -0.4 is 28.7 Å². The zero-order valence-corrected chi connectivity index (χ0v) is 40.1. The molecule has 3 aliphatic heterocycles. The summed E-state index contributed by atoms with van der Waals surface area (Å²) in [5.74, 6) is -3.90. The average molecular weight is 1010 g/mol. The number of nitrogens with two attached hydrogens (primary N) is 5. The van der Waals surface area contributed by atoms with Crippen LogP contribution in [-0.4, -0.2) is 166 Å². The minimum absolute atomic E-state index is 0.0239. The number of hydrogen-bond acceptors (Lipinski definition) is 23. The maximum Gasteiger partial charge on any atom is 0.303 e. The molecule has 10 N–H and O–H groups in total. The molecule has 6 rings (SSSR count). The summed E-state index contributed by atoms with van der Waals surface area (Å²) in [5, 5.41) is 0. The van der Waals surface area contributed by atoms with E-state index in [0.29, 0.717) is 5.56 Å². The molecule has 0 radical (unpaired) electrons. The van der Waals surface area contributed by atoms with Gasteiger partial charge in [-0.2, -0.15) is 0 Å². The zero-order chi connectivity index (χ0) is 51.5. The second-order valence-corrected chi connectivity index (χ2v) is 17.6. The molecule has 2 aromatic rings. The summed E-state index contributed by atoms with van der Waals surface area (Å²) in [6, 6.07) is 14.7. The van der Waals surface area contributed by atoms with Gasteiger partial charge in [-0.3, -0.25) is 24.0 Å². The number of alkyl halides is 1. The molecule has 0 bridgehead atoms. The van der Waals surface area contributed by atoms with Crippen molar-refractivity contribution in [1.29, 1.82) is 0 Å². The molecule has 0 aromatic heterocycles. The van der Waals surface area contributed by atoms with Crippen LogP contribution in [0.15, 0.2) is 60.7 Å². The highest BCUT2D eigenvalue weighted by Gasteiger charge is 2.58. The topological polar surface area (TPSA) is 335 Å². The Morgan fingerprint density at radius 2 is 0.944 bits per heavy atom. The minimum Gasteiger partial charge on any atom is -0.463 e. The van der Waals surface area contributed by atoms with Crippen LogP contribution in [0.3, 0.4) is 0 Å². The van der Waals surface area contributed by atoms with Gasteiger partial charge < -0.3 is 90.2 Å². The lowest BCUT2D eigenvalue weighted by molar-refractivity contribution is -0.334. The van der Waals surface area contributed by atoms with E-state index in [9.17, 15) is 24.0 Å². The molecule has 4 aliphatic rings. The Hall–Kier alpha value is -4.80. The van der Waals surface area contributed by atoms with E-state index in [4.69, 9.17) is 90.2 Å². The number of benzene rings is 2. The standard InChI is InChI=1S/C47H66FN5O18/c1-22(54)59-21-33-40(70-45-35(53)42(64-25(4)57)39(63-24(3)56)32(18-50)66-45)44(65-26(5)58)47(68-33)71-43-36(62-23(2)55)29(51)16-30(52)37(43)69-46-41(61-20-28-14-10-7-11-15-28)34(48)38(31(17-49)67-46)60-19-27-12-8-6-9-13-27/h6-15,29-47H,16-21,49-53H2,1-5H3/t29-,30+,31-,32+,33-,34+,35-,36+,37-,38-,39-,40-,41-,42-,43-,44-,45-,46-,47+/m1/s1. The van der Waals surface area contributed by atoms with E-state index in [1.807, 2.05) is 36.4 Å². The molecule has 0 spiro atoms. The Balaban J connectivity index is 1.34. The van der Waals surface area contributed by atoms with Crippen molar-refractivity contribution in [2.24, 2.45) is 28.7 Å². The number of esters is 5. The van der Waals surface area contributed by atoms with Gasteiger partial charge in [-0.15, -0.1) is 0 Å². The summed E-state index contributed by atoms with van der Waals surface area (Å²) in [5.41, 5.74) is 33.8. The lowest BCUT2D eigenvalue weighted by atomic mass is 9.84. The van der Waals surface area contributed by atoms with Crippen molar-refractivity contribution in [3.05, 3.63) is 71.8 Å². The molecule has 2 aromatic carbocycles. The third-order valence-corrected chi connectivity index (χ3v) is 12.1. The van der Waals surface area contributed by atoms with Crippen molar-refractivity contribution in [1.82, 2.24) is 0 Å². The second-order valence-electron chi connectivity index (χ2n) is 17.6. The molecule has 1 saturated carbocycles. The predicted molar refractivity (Wildman–Crippen MR) is 241 cm³/mol. The fraction of sp³-hybridized carbons (Fsp3) is 0.638. The van der Waals surface area contributed by atoms with E-state index < -0.39 is 153 Å². The fourth-order valence-corrected chi connectivity index (χ4v) is 9.00. The van der Waals surface area contributed by atoms with Crippen molar-refractivity contribution in [2.45, 2.75) is 171 Å². The van der Waals surface area contributed by atoms with Crippen LogP contribution in [-0.2, 0) is 98.8 Å². The molecule has 19 atom stereocenters. The van der Waals surface area contributed by atoms with Crippen LogP contribution in [0.2, 0.25) is 0 Å². The van der Waals surface area contributed by atoms with Gasteiger partial charge in [-0.05, 0) is 17.5 Å². The van der Waals surface area contributed by atoms with Crippen molar-refractivity contribution in [3.8, 4) is 0 Å². The first-order valence-corrected chi connectivity index (χ1v) is 23.3. The highest BCUT2D eigenvalue weighted by atomic mass is 19.1. The number of ether oxygens (including phenoxy) is 13. The van der Waals surface area contributed by atoms with Gasteiger partial charge in [-0.25, -0.2) is 4.39 Å². The maximum absolute atomic E-state index is 17.2. The minimum atomic E-state index is -1.90. The van der Waals surface area contributed by atoms with E-state index in [1.165, 1.54) is 0 Å². The molecule has 3 saturated heterocycles. The van der Waals surface area contributed by atoms with E-state index >= 15 is 4.39 Å². The molecule has 4 fully saturated rings. The van der Waals surface area contributed by atoms with Gasteiger partial charge >= 0.3 is 29.8 Å². The second kappa shape index (κ2) is 25.7. The fourth-order valence-electron chi connectivity index (χ4n) is 9.00. The van der Waals surface area contributed by atoms with Crippen molar-refractivity contribution < 1.29 is 89.9 Å². The SMILES string of the molecule is CC(=O)OC[C@H]1O[C@@H](O[C@@H]2[C@@H](OC(C)=O)[C@H](N)C[C@H](N)[C@H]2O[C@H]2O[C@H](CN)[C@@H](OCc3ccccc3)[C@H](F)[C@H]2OCc2ccccc2)[C@H](OC(C)=O)[C@@H]1O[C@H]1O[C@@H](CN)[C@@H](OC(C)=O)[C@H](OC(C)=O)[C@H]1N. The summed E-state index contributed by atoms with van der Waals surface area (Å²) in [4.78, 5) is 62.3. The highest BCUT2D eigenvalue weighted by Crippen LogP contribution is 2.38. The third kappa shape index (κ3) is 14.5. The van der Waals surface area contributed by atoms with Crippen molar-refractivity contribution in [2.75, 3.05) is 19.7 Å². The van der Waals surface area contributed by atoms with Gasteiger partial charge in [0.15, 0.2) is 43.4 Å². The van der Waals surface area contributed by atoms with Crippen molar-refractivity contribution in [3.63, 3.8) is 0 Å². The largest absolute Gasteiger partial charge is 0.463 e. The molecule has 24 heteroatoms. The van der Waals surface area contributed by atoms with Crippen LogP contribution >= 0.6 is 0 Å². The van der Waals surface area contributed by atoms with Crippen LogP contribution in [0.1, 0.15) is 52.2 Å². The first-order valence-electron chi connectivity index (χ1n) is 23.3. The van der Waals surface area contributed by atoms with Crippen LogP contribution in [0.25, 0.3) is 0 Å². The summed E-state index contributed by atoms with van der Waals surface area (Å²) in [7, 11) is 0. The van der Waals surface area contributed by atoms with Gasteiger partial charge in [0, 0.05) is 59.8 Å². The number of halogens is 1. The number of rotatable bonds is 20. The highest BCUT2D eigenvalue weighted by molar-refractivity contribution is 5.68. The Labute approximate surface area is 409 Å². The summed E-state index contributed by atoms with van der Waals surface area (Å²) >= 11 is 0. The van der Waals surface area contributed by atoms with E-state index in [-0.39, 0.29) is 32.7 Å². The lowest BCUT2D eigenvalue weighted by Crippen LogP contribution is -2.67. The number of carbonyl (C=O) groups excluding carboxylic acids is 5. The van der Waals surface area contributed by atoms with Crippen molar-refractivity contribution >= 4 is 29.8 Å². The average Bonchev–Trinajstić information content (AvgIpc) is 3.63. The first-order chi connectivity index (χ1) is 33.9. The monoisotopic (exact) mass is 1010 g/mol. The lowest BCUT2D eigenvalue weighted by Gasteiger charge is -2.48. The zero-order valence-electron chi connectivity index (χ0n) is 40.1. The Morgan fingerprint density at radius 3 is 1.49 bits per heavy atom. The molecular formula is C47H66FN5O18. The quantitative estimate of drug-likeness (QED) is 0.0818. The van der Waals surface area contributed by atoms with Gasteiger partial charge in [0.1, 0.15) is 61.5 Å². The number of carbonyl (C=O) groups is 5. The summed E-state index contributed by atoms with van der Waals surface area (Å²) in [6.45, 7) is 4.56. The normalized spacial score (nSPS) is 36.0. The number of hydrogen-bond donors (Lipinski definition) is 5. The third-order valence-electron chi connectivity index (χ3n) is 12.1. The van der Waals surface area contributed by atoms with Crippen LogP contribution in [0.5, 0.6) is 0 Å². The summed E-state index contributed by atoms with van der Waals surface area (Å²) in [6.07, 6.45) is -22.9. The van der Waals surface area contributed by atoms with Gasteiger partial charge in [-0.1, -0.05) is 60.7 Å². The van der Waals surface area contributed by atoms with E-state index in [0.717, 1.165) is 40.2 Å². The van der Waals surface area contributed by atoms with E-state index in [2.05, 4.69) is 0 Å². The van der Waals surface area contributed by atoms with Gasteiger partial charge in [0.25, 0.3) is 0 Å². The molecule has 0 amide bonds.